The third-order valence-corrected chi connectivity index (χ3v) is 3.07. The van der Waals surface area contributed by atoms with E-state index in [9.17, 15) is 4.39 Å². The number of hydrogen-bond donors (Lipinski definition) is 1. The van der Waals surface area contributed by atoms with Gasteiger partial charge in [-0.1, -0.05) is 11.6 Å². The quantitative estimate of drug-likeness (QED) is 0.926. The summed E-state index contributed by atoms with van der Waals surface area (Å²) in [6.45, 7) is 0. The van der Waals surface area contributed by atoms with Gasteiger partial charge in [-0.25, -0.2) is 4.39 Å². The van der Waals surface area contributed by atoms with E-state index in [1.54, 1.807) is 18.2 Å². The molecule has 0 spiro atoms. The van der Waals surface area contributed by atoms with Gasteiger partial charge in [0, 0.05) is 5.02 Å². The Kier molecular flexibility index (Phi) is 3.86. The van der Waals surface area contributed by atoms with Crippen molar-refractivity contribution in [2.24, 2.45) is 5.73 Å². The van der Waals surface area contributed by atoms with E-state index < -0.39 is 6.04 Å². The first-order valence-electron chi connectivity index (χ1n) is 5.01. The summed E-state index contributed by atoms with van der Waals surface area (Å²) in [4.78, 5) is 0. The average Bonchev–Trinajstić information content (AvgIpc) is 2.70. The lowest BCUT2D eigenvalue weighted by molar-refractivity contribution is 0.444. The predicted octanol–water partition coefficient (Wildman–Crippen LogP) is 4.08. The monoisotopic (exact) mass is 317 g/mol. The highest BCUT2D eigenvalue weighted by Gasteiger charge is 2.14. The third-order valence-electron chi connectivity index (χ3n) is 2.41. The molecule has 0 aliphatic carbocycles. The molecule has 0 aliphatic rings. The SMILES string of the molecule is NC(Cc1cc(Cl)ccc1F)c1ccc(Br)o1. The molecule has 1 heterocycles. The predicted molar refractivity (Wildman–Crippen MR) is 68.5 cm³/mol. The Morgan fingerprint density at radius 1 is 1.35 bits per heavy atom. The van der Waals surface area contributed by atoms with Crippen LogP contribution < -0.4 is 5.73 Å². The molecule has 90 valence electrons. The molecule has 0 saturated heterocycles. The topological polar surface area (TPSA) is 39.2 Å². The van der Waals surface area contributed by atoms with Gasteiger partial charge < -0.3 is 10.2 Å². The third kappa shape index (κ3) is 3.09. The van der Waals surface area contributed by atoms with Crippen LogP contribution >= 0.6 is 27.5 Å². The van der Waals surface area contributed by atoms with Gasteiger partial charge in [0.1, 0.15) is 11.6 Å². The molecule has 2 N–H and O–H groups in total. The van der Waals surface area contributed by atoms with Crippen LogP contribution in [0.25, 0.3) is 0 Å². The van der Waals surface area contributed by atoms with Crippen molar-refractivity contribution in [1.82, 2.24) is 0 Å². The van der Waals surface area contributed by atoms with E-state index in [0.29, 0.717) is 27.4 Å². The molecule has 2 nitrogen and oxygen atoms in total. The van der Waals surface area contributed by atoms with E-state index >= 15 is 0 Å². The lowest BCUT2D eigenvalue weighted by atomic mass is 10.0. The highest BCUT2D eigenvalue weighted by molar-refractivity contribution is 9.10. The first kappa shape index (κ1) is 12.6. The van der Waals surface area contributed by atoms with E-state index in [1.165, 1.54) is 12.1 Å². The second-order valence-corrected chi connectivity index (χ2v) is 4.91. The minimum Gasteiger partial charge on any atom is -0.453 e. The largest absolute Gasteiger partial charge is 0.453 e. The van der Waals surface area contributed by atoms with E-state index in [0.717, 1.165) is 0 Å². The average molecular weight is 319 g/mol. The van der Waals surface area contributed by atoms with E-state index in [4.69, 9.17) is 21.8 Å². The minimum absolute atomic E-state index is 0.310. The van der Waals surface area contributed by atoms with Crippen molar-refractivity contribution in [3.05, 3.63) is 57.2 Å². The Morgan fingerprint density at radius 2 is 2.12 bits per heavy atom. The van der Waals surface area contributed by atoms with Gasteiger partial charge in [-0.15, -0.1) is 0 Å². The summed E-state index contributed by atoms with van der Waals surface area (Å²) in [6, 6.07) is 7.54. The standard InChI is InChI=1S/C12H10BrClFNO/c13-12-4-3-11(17-12)10(16)6-7-5-8(14)1-2-9(7)15/h1-5,10H,6,16H2. The Hall–Kier alpha value is -0.840. The maximum Gasteiger partial charge on any atom is 0.169 e. The van der Waals surface area contributed by atoms with Gasteiger partial charge in [0.2, 0.25) is 0 Å². The second-order valence-electron chi connectivity index (χ2n) is 3.69. The van der Waals surface area contributed by atoms with Crippen molar-refractivity contribution in [2.45, 2.75) is 12.5 Å². The second kappa shape index (κ2) is 5.21. The van der Waals surface area contributed by atoms with Gasteiger partial charge in [0.05, 0.1) is 6.04 Å². The summed E-state index contributed by atoms with van der Waals surface area (Å²) in [5.41, 5.74) is 6.42. The molecule has 0 bridgehead atoms. The molecular formula is C12H10BrClFNO. The highest BCUT2D eigenvalue weighted by Crippen LogP contribution is 2.24. The van der Waals surface area contributed by atoms with Crippen LogP contribution in [0.15, 0.2) is 39.4 Å². The summed E-state index contributed by atoms with van der Waals surface area (Å²) in [5, 5.41) is 0.495. The molecule has 2 aromatic rings. The van der Waals surface area contributed by atoms with Crippen molar-refractivity contribution in [3.8, 4) is 0 Å². The normalized spacial score (nSPS) is 12.7. The van der Waals surface area contributed by atoms with Crippen molar-refractivity contribution in [3.63, 3.8) is 0 Å². The minimum atomic E-state index is -0.394. The van der Waals surface area contributed by atoms with Gasteiger partial charge in [-0.3, -0.25) is 0 Å². The molecule has 1 aromatic heterocycles. The molecule has 1 atom stereocenters. The first-order valence-corrected chi connectivity index (χ1v) is 6.18. The number of nitrogens with two attached hydrogens (primary N) is 1. The van der Waals surface area contributed by atoms with Crippen LogP contribution in [0.3, 0.4) is 0 Å². The molecule has 0 amide bonds. The maximum absolute atomic E-state index is 13.5. The smallest absolute Gasteiger partial charge is 0.169 e. The van der Waals surface area contributed by atoms with Crippen LogP contribution in [0.4, 0.5) is 4.39 Å². The van der Waals surface area contributed by atoms with E-state index in [-0.39, 0.29) is 5.82 Å². The Bertz CT molecular complexity index is 529. The number of furan rings is 1. The molecule has 0 aliphatic heterocycles. The van der Waals surface area contributed by atoms with Gasteiger partial charge in [-0.2, -0.15) is 0 Å². The fourth-order valence-electron chi connectivity index (χ4n) is 1.56. The maximum atomic E-state index is 13.5. The number of halogens is 3. The van der Waals surface area contributed by atoms with Crippen LogP contribution in [0, 0.1) is 5.82 Å². The van der Waals surface area contributed by atoms with Gasteiger partial charge in [0.15, 0.2) is 4.67 Å². The number of rotatable bonds is 3. The van der Waals surface area contributed by atoms with Crippen molar-refractivity contribution in [1.29, 1.82) is 0 Å². The van der Waals surface area contributed by atoms with Gasteiger partial charge in [0.25, 0.3) is 0 Å². The summed E-state index contributed by atoms with van der Waals surface area (Å²) in [6.07, 6.45) is 0.340. The Labute approximate surface area is 112 Å². The van der Waals surface area contributed by atoms with Crippen LogP contribution in [-0.2, 0) is 6.42 Å². The fourth-order valence-corrected chi connectivity index (χ4v) is 2.08. The summed E-state index contributed by atoms with van der Waals surface area (Å²) >= 11 is 9.01. The summed E-state index contributed by atoms with van der Waals surface area (Å²) < 4.78 is 19.4. The van der Waals surface area contributed by atoms with Gasteiger partial charge in [-0.05, 0) is 58.2 Å². The molecule has 0 radical (unpaired) electrons. The molecule has 1 unspecified atom stereocenters. The van der Waals surface area contributed by atoms with E-state index in [1.807, 2.05) is 0 Å². The van der Waals surface area contributed by atoms with Crippen LogP contribution in [0.2, 0.25) is 5.02 Å². The molecule has 17 heavy (non-hydrogen) atoms. The Morgan fingerprint density at radius 3 is 2.76 bits per heavy atom. The van der Waals surface area contributed by atoms with Crippen LogP contribution in [0.5, 0.6) is 0 Å². The van der Waals surface area contributed by atoms with Gasteiger partial charge >= 0.3 is 0 Å². The van der Waals surface area contributed by atoms with Crippen molar-refractivity contribution in [2.75, 3.05) is 0 Å². The molecule has 1 aromatic carbocycles. The van der Waals surface area contributed by atoms with Crippen molar-refractivity contribution < 1.29 is 8.81 Å². The molecule has 5 heteroatoms. The zero-order valence-electron chi connectivity index (χ0n) is 8.79. The molecular weight excluding hydrogens is 308 g/mol. The lowest BCUT2D eigenvalue weighted by Gasteiger charge is -2.09. The van der Waals surface area contributed by atoms with E-state index in [2.05, 4.69) is 15.9 Å². The highest BCUT2D eigenvalue weighted by atomic mass is 79.9. The van der Waals surface area contributed by atoms with Crippen molar-refractivity contribution >= 4 is 27.5 Å². The summed E-state index contributed by atoms with van der Waals surface area (Å²) in [7, 11) is 0. The zero-order valence-corrected chi connectivity index (χ0v) is 11.1. The zero-order chi connectivity index (χ0) is 12.4. The lowest BCUT2D eigenvalue weighted by Crippen LogP contribution is -2.13. The Balaban J connectivity index is 2.18. The molecule has 2 rings (SSSR count). The first-order chi connectivity index (χ1) is 8.06. The number of hydrogen-bond acceptors (Lipinski definition) is 2. The molecule has 0 fully saturated rings. The van der Waals surface area contributed by atoms with Crippen LogP contribution in [0.1, 0.15) is 17.4 Å². The summed E-state index contributed by atoms with van der Waals surface area (Å²) in [5.74, 6) is 0.298. The fraction of sp³-hybridized carbons (Fsp3) is 0.167. The number of benzene rings is 1. The van der Waals surface area contributed by atoms with Crippen LogP contribution in [-0.4, -0.2) is 0 Å². The molecule has 0 saturated carbocycles.